The highest BCUT2D eigenvalue weighted by atomic mass is 16.4. The summed E-state index contributed by atoms with van der Waals surface area (Å²) in [6, 6.07) is 0. The van der Waals surface area contributed by atoms with E-state index in [1.165, 1.54) is 0 Å². The van der Waals surface area contributed by atoms with Gasteiger partial charge in [0, 0.05) is 0 Å². The predicted molar refractivity (Wildman–Crippen MR) is 44.8 cm³/mol. The third kappa shape index (κ3) is 3.70. The standard InChI is InChI=1S/C7H14O8/c8-1-2(9)3(10)4(11)5(12)6(13)7(14)15/h2-6,8-13H,1H2,(H,14,15)/t2-,3-,4?,5-,6-/m1/s1. The maximum atomic E-state index is 10.2. The Bertz CT molecular complexity index is 207. The molecule has 0 aromatic rings. The van der Waals surface area contributed by atoms with Crippen LogP contribution in [0.25, 0.3) is 0 Å². The highest BCUT2D eigenvalue weighted by Gasteiger charge is 2.36. The first kappa shape index (κ1) is 14.2. The molecule has 7 N–H and O–H groups in total. The van der Waals surface area contributed by atoms with Gasteiger partial charge < -0.3 is 35.7 Å². The van der Waals surface area contributed by atoms with Gasteiger partial charge in [-0.3, -0.25) is 0 Å². The highest BCUT2D eigenvalue weighted by Crippen LogP contribution is 2.08. The van der Waals surface area contributed by atoms with Crippen molar-refractivity contribution in [2.24, 2.45) is 0 Å². The Morgan fingerprint density at radius 2 is 1.40 bits per heavy atom. The van der Waals surface area contributed by atoms with E-state index in [4.69, 9.17) is 35.7 Å². The molecule has 15 heavy (non-hydrogen) atoms. The van der Waals surface area contributed by atoms with Gasteiger partial charge in [-0.15, -0.1) is 0 Å². The molecule has 0 heterocycles. The number of aliphatic carboxylic acids is 1. The maximum Gasteiger partial charge on any atom is 0.335 e. The van der Waals surface area contributed by atoms with Gasteiger partial charge in [0.2, 0.25) is 0 Å². The van der Waals surface area contributed by atoms with E-state index < -0.39 is 43.1 Å². The van der Waals surface area contributed by atoms with Gasteiger partial charge in [0.15, 0.2) is 6.10 Å². The summed E-state index contributed by atoms with van der Waals surface area (Å²) in [5.74, 6) is -1.78. The van der Waals surface area contributed by atoms with E-state index in [2.05, 4.69) is 0 Å². The molecule has 0 saturated carbocycles. The number of hydrogen-bond donors (Lipinski definition) is 7. The van der Waals surface area contributed by atoms with Crippen LogP contribution in [0.3, 0.4) is 0 Å². The normalized spacial score (nSPS) is 21.5. The van der Waals surface area contributed by atoms with Crippen molar-refractivity contribution < 1.29 is 40.5 Å². The van der Waals surface area contributed by atoms with Crippen molar-refractivity contribution >= 4 is 5.97 Å². The summed E-state index contributed by atoms with van der Waals surface area (Å²) in [6.07, 6.45) is -10.2. The second-order valence-corrected chi connectivity index (χ2v) is 3.00. The smallest absolute Gasteiger partial charge is 0.335 e. The van der Waals surface area contributed by atoms with Gasteiger partial charge in [-0.05, 0) is 0 Å². The van der Waals surface area contributed by atoms with Crippen LogP contribution in [0.2, 0.25) is 0 Å². The first-order chi connectivity index (χ1) is 6.82. The molecule has 0 amide bonds. The zero-order chi connectivity index (χ0) is 12.2. The summed E-state index contributed by atoms with van der Waals surface area (Å²) in [6.45, 7) is -0.881. The van der Waals surface area contributed by atoms with Gasteiger partial charge in [-0.2, -0.15) is 0 Å². The Hall–Kier alpha value is -0.770. The van der Waals surface area contributed by atoms with Crippen LogP contribution >= 0.6 is 0 Å². The minimum absolute atomic E-state index is 0.881. The predicted octanol–water partition coefficient (Wildman–Crippen LogP) is -4.13. The van der Waals surface area contributed by atoms with Crippen molar-refractivity contribution in [2.75, 3.05) is 6.61 Å². The number of carboxylic acid groups (broad SMARTS) is 1. The van der Waals surface area contributed by atoms with Gasteiger partial charge in [0.1, 0.15) is 24.4 Å². The monoisotopic (exact) mass is 226 g/mol. The highest BCUT2D eigenvalue weighted by molar-refractivity contribution is 5.72. The number of aliphatic hydroxyl groups excluding tert-OH is 6. The summed E-state index contributed by atoms with van der Waals surface area (Å²) >= 11 is 0. The van der Waals surface area contributed by atoms with Crippen molar-refractivity contribution in [3.05, 3.63) is 0 Å². The first-order valence-corrected chi connectivity index (χ1v) is 4.07. The number of aliphatic hydroxyl groups is 6. The van der Waals surface area contributed by atoms with E-state index in [1.807, 2.05) is 0 Å². The third-order valence-corrected chi connectivity index (χ3v) is 1.86. The lowest BCUT2D eigenvalue weighted by Crippen LogP contribution is -2.51. The van der Waals surface area contributed by atoms with Crippen molar-refractivity contribution in [1.82, 2.24) is 0 Å². The Labute approximate surface area is 84.7 Å². The fourth-order valence-corrected chi connectivity index (χ4v) is 0.870. The Morgan fingerprint density at radius 3 is 1.73 bits per heavy atom. The van der Waals surface area contributed by atoms with Crippen LogP contribution in [0.15, 0.2) is 0 Å². The minimum atomic E-state index is -2.29. The molecule has 0 bridgehead atoms. The number of hydrogen-bond acceptors (Lipinski definition) is 7. The topological polar surface area (TPSA) is 159 Å². The first-order valence-electron chi connectivity index (χ1n) is 4.07. The summed E-state index contributed by atoms with van der Waals surface area (Å²) in [5.41, 5.74) is 0. The molecule has 0 saturated heterocycles. The van der Waals surface area contributed by atoms with Crippen LogP contribution < -0.4 is 0 Å². The number of rotatable bonds is 6. The molecule has 0 aliphatic rings. The molecule has 90 valence electrons. The summed E-state index contributed by atoms with van der Waals surface area (Å²) in [4.78, 5) is 10.2. The van der Waals surface area contributed by atoms with Crippen LogP contribution in [-0.4, -0.2) is 78.8 Å². The molecule has 0 radical (unpaired) electrons. The zero-order valence-corrected chi connectivity index (χ0v) is 7.63. The van der Waals surface area contributed by atoms with E-state index >= 15 is 0 Å². The third-order valence-electron chi connectivity index (χ3n) is 1.86. The van der Waals surface area contributed by atoms with Crippen LogP contribution in [0.5, 0.6) is 0 Å². The van der Waals surface area contributed by atoms with E-state index in [-0.39, 0.29) is 0 Å². The molecule has 0 fully saturated rings. The van der Waals surface area contributed by atoms with Gasteiger partial charge in [0.05, 0.1) is 6.61 Å². The van der Waals surface area contributed by atoms with E-state index in [1.54, 1.807) is 0 Å². The van der Waals surface area contributed by atoms with Gasteiger partial charge in [0.25, 0.3) is 0 Å². The van der Waals surface area contributed by atoms with Crippen LogP contribution in [0, 0.1) is 0 Å². The van der Waals surface area contributed by atoms with E-state index in [0.29, 0.717) is 0 Å². The van der Waals surface area contributed by atoms with E-state index in [9.17, 15) is 4.79 Å². The minimum Gasteiger partial charge on any atom is -0.479 e. The average Bonchev–Trinajstić information content (AvgIpc) is 2.23. The lowest BCUT2D eigenvalue weighted by Gasteiger charge is -2.26. The van der Waals surface area contributed by atoms with Crippen LogP contribution in [0.4, 0.5) is 0 Å². The second-order valence-electron chi connectivity index (χ2n) is 3.00. The Kier molecular flexibility index (Phi) is 5.65. The van der Waals surface area contributed by atoms with Gasteiger partial charge in [-0.1, -0.05) is 0 Å². The van der Waals surface area contributed by atoms with Crippen molar-refractivity contribution in [3.63, 3.8) is 0 Å². The van der Waals surface area contributed by atoms with Crippen LogP contribution in [-0.2, 0) is 4.79 Å². The molecule has 0 rings (SSSR count). The fraction of sp³-hybridized carbons (Fsp3) is 0.857. The van der Waals surface area contributed by atoms with Crippen molar-refractivity contribution in [3.8, 4) is 0 Å². The van der Waals surface area contributed by atoms with Gasteiger partial charge in [-0.25, -0.2) is 4.79 Å². The molecule has 0 aromatic heterocycles. The molecule has 0 aliphatic carbocycles. The fourth-order valence-electron chi connectivity index (χ4n) is 0.870. The molecule has 0 aromatic carbocycles. The quantitative estimate of drug-likeness (QED) is 0.240. The molecular weight excluding hydrogens is 212 g/mol. The molecule has 8 nitrogen and oxygen atoms in total. The van der Waals surface area contributed by atoms with Crippen molar-refractivity contribution in [1.29, 1.82) is 0 Å². The molecule has 0 aliphatic heterocycles. The Morgan fingerprint density at radius 1 is 0.933 bits per heavy atom. The number of carbonyl (C=O) groups is 1. The SMILES string of the molecule is O=C(O)[C@H](O)[C@H](O)C(O)[C@H](O)[C@H](O)CO. The largest absolute Gasteiger partial charge is 0.479 e. The zero-order valence-electron chi connectivity index (χ0n) is 7.63. The maximum absolute atomic E-state index is 10.2. The van der Waals surface area contributed by atoms with Crippen molar-refractivity contribution in [2.45, 2.75) is 30.5 Å². The second kappa shape index (κ2) is 5.95. The summed E-state index contributed by atoms with van der Waals surface area (Å²) in [7, 11) is 0. The van der Waals surface area contributed by atoms with E-state index in [0.717, 1.165) is 0 Å². The number of carboxylic acids is 1. The van der Waals surface area contributed by atoms with Gasteiger partial charge >= 0.3 is 5.97 Å². The molecular formula is C7H14O8. The molecule has 1 unspecified atom stereocenters. The molecule has 5 atom stereocenters. The van der Waals surface area contributed by atoms with Crippen LogP contribution in [0.1, 0.15) is 0 Å². The lowest BCUT2D eigenvalue weighted by molar-refractivity contribution is -0.169. The summed E-state index contributed by atoms with van der Waals surface area (Å²) in [5, 5.41) is 61.5. The molecule has 8 heteroatoms. The Balaban J connectivity index is 4.42. The lowest BCUT2D eigenvalue weighted by atomic mass is 9.99. The average molecular weight is 226 g/mol. The molecule has 0 spiro atoms. The summed E-state index contributed by atoms with van der Waals surface area (Å²) < 4.78 is 0.